The number of amides is 1. The molecule has 0 fully saturated rings. The molecule has 0 aliphatic carbocycles. The van der Waals surface area contributed by atoms with E-state index in [1.165, 1.54) is 7.11 Å². The first-order valence-corrected chi connectivity index (χ1v) is 11.8. The molecule has 0 aromatic heterocycles. The number of anilines is 1. The molecular weight excluding hydrogens is 442 g/mol. The van der Waals surface area contributed by atoms with Gasteiger partial charge >= 0.3 is 0 Å². The SMILES string of the molecule is COc1ccc2c(c1NC(=O)C(C)(C)CCCCCCOc1ccc(Cl)cc1)OCCC2=O. The van der Waals surface area contributed by atoms with E-state index < -0.39 is 5.41 Å². The second-order valence-corrected chi connectivity index (χ2v) is 9.28. The maximum Gasteiger partial charge on any atom is 0.230 e. The number of Topliss-reactive ketones (excluding diaryl/α,β-unsaturated/α-hetero) is 1. The van der Waals surface area contributed by atoms with Crippen LogP contribution in [0.4, 0.5) is 5.69 Å². The lowest BCUT2D eigenvalue weighted by Gasteiger charge is -2.26. The fraction of sp³-hybridized carbons (Fsp3) is 0.462. The number of methoxy groups -OCH3 is 1. The number of nitrogens with one attached hydrogen (secondary N) is 1. The Morgan fingerprint density at radius 2 is 1.82 bits per heavy atom. The largest absolute Gasteiger partial charge is 0.494 e. The topological polar surface area (TPSA) is 73.9 Å². The maximum atomic E-state index is 13.1. The fourth-order valence-corrected chi connectivity index (χ4v) is 3.87. The van der Waals surface area contributed by atoms with Gasteiger partial charge in [-0.15, -0.1) is 0 Å². The van der Waals surface area contributed by atoms with Crippen LogP contribution in [-0.2, 0) is 4.79 Å². The van der Waals surface area contributed by atoms with Crippen molar-refractivity contribution in [1.29, 1.82) is 0 Å². The lowest BCUT2D eigenvalue weighted by molar-refractivity contribution is -0.124. The third-order valence-electron chi connectivity index (χ3n) is 5.85. The molecule has 178 valence electrons. The van der Waals surface area contributed by atoms with Crippen molar-refractivity contribution in [2.24, 2.45) is 5.41 Å². The van der Waals surface area contributed by atoms with Gasteiger partial charge in [-0.3, -0.25) is 9.59 Å². The predicted octanol–water partition coefficient (Wildman–Crippen LogP) is 6.31. The molecule has 2 aromatic carbocycles. The zero-order valence-electron chi connectivity index (χ0n) is 19.5. The van der Waals surface area contributed by atoms with Crippen molar-refractivity contribution in [1.82, 2.24) is 0 Å². The fourth-order valence-electron chi connectivity index (χ4n) is 3.74. The van der Waals surface area contributed by atoms with Crippen LogP contribution in [0.2, 0.25) is 5.02 Å². The molecule has 1 heterocycles. The van der Waals surface area contributed by atoms with Gasteiger partial charge in [-0.1, -0.05) is 44.7 Å². The number of carbonyl (C=O) groups excluding carboxylic acids is 2. The van der Waals surface area contributed by atoms with E-state index in [0.717, 1.165) is 37.9 Å². The Hall–Kier alpha value is -2.73. The zero-order chi connectivity index (χ0) is 23.8. The summed E-state index contributed by atoms with van der Waals surface area (Å²) in [5, 5.41) is 3.66. The molecule has 3 rings (SSSR count). The highest BCUT2D eigenvalue weighted by Gasteiger charge is 2.31. The molecular formula is C26H32ClNO5. The standard InChI is InChI=1S/C26H32ClNO5/c1-26(2,15-6-4-5-7-16-32-19-10-8-18(27)9-11-19)25(30)28-23-22(31-3)13-12-20-21(29)14-17-33-24(20)23/h8-13H,4-7,14-17H2,1-3H3,(H,28,30). The molecule has 1 aliphatic rings. The van der Waals surface area contributed by atoms with Gasteiger partial charge in [0, 0.05) is 16.9 Å². The van der Waals surface area contributed by atoms with E-state index in [4.69, 9.17) is 25.8 Å². The summed E-state index contributed by atoms with van der Waals surface area (Å²) in [5.41, 5.74) is 0.336. The van der Waals surface area contributed by atoms with Crippen LogP contribution in [0, 0.1) is 5.41 Å². The Morgan fingerprint density at radius 1 is 1.09 bits per heavy atom. The van der Waals surface area contributed by atoms with Crippen molar-refractivity contribution in [3.05, 3.63) is 47.0 Å². The van der Waals surface area contributed by atoms with Crippen molar-refractivity contribution < 1.29 is 23.8 Å². The van der Waals surface area contributed by atoms with Crippen LogP contribution in [0.5, 0.6) is 17.2 Å². The average molecular weight is 474 g/mol. The summed E-state index contributed by atoms with van der Waals surface area (Å²) in [4.78, 5) is 25.3. The van der Waals surface area contributed by atoms with E-state index in [0.29, 0.717) is 47.4 Å². The number of halogens is 1. The molecule has 0 saturated heterocycles. The molecule has 0 unspecified atom stereocenters. The molecule has 1 amide bonds. The summed E-state index contributed by atoms with van der Waals surface area (Å²) in [6.07, 6.45) is 5.01. The molecule has 0 saturated carbocycles. The van der Waals surface area contributed by atoms with Crippen LogP contribution < -0.4 is 19.5 Å². The molecule has 0 bridgehead atoms. The normalized spacial score (nSPS) is 13.2. The Morgan fingerprint density at radius 3 is 2.55 bits per heavy atom. The highest BCUT2D eigenvalue weighted by atomic mass is 35.5. The van der Waals surface area contributed by atoms with Crippen molar-refractivity contribution in [2.45, 2.75) is 52.4 Å². The predicted molar refractivity (Wildman–Crippen MR) is 130 cm³/mol. The number of carbonyl (C=O) groups is 2. The van der Waals surface area contributed by atoms with Crippen molar-refractivity contribution in [2.75, 3.05) is 25.6 Å². The second-order valence-electron chi connectivity index (χ2n) is 8.85. The molecule has 33 heavy (non-hydrogen) atoms. The van der Waals surface area contributed by atoms with Gasteiger partial charge in [-0.25, -0.2) is 0 Å². The average Bonchev–Trinajstić information content (AvgIpc) is 2.80. The first-order chi connectivity index (χ1) is 15.8. The molecule has 6 nitrogen and oxygen atoms in total. The number of ether oxygens (including phenoxy) is 3. The van der Waals surface area contributed by atoms with E-state index >= 15 is 0 Å². The number of hydrogen-bond acceptors (Lipinski definition) is 5. The Balaban J connectivity index is 1.46. The first kappa shape index (κ1) is 24.9. The first-order valence-electron chi connectivity index (χ1n) is 11.4. The molecule has 0 spiro atoms. The number of hydrogen-bond donors (Lipinski definition) is 1. The van der Waals surface area contributed by atoms with Gasteiger partial charge in [0.15, 0.2) is 11.5 Å². The number of unbranched alkanes of at least 4 members (excludes halogenated alkanes) is 3. The minimum absolute atomic E-state index is 0.00806. The van der Waals surface area contributed by atoms with Crippen LogP contribution in [0.3, 0.4) is 0 Å². The van der Waals surface area contributed by atoms with Gasteiger partial charge in [0.1, 0.15) is 17.2 Å². The highest BCUT2D eigenvalue weighted by molar-refractivity contribution is 6.30. The minimum Gasteiger partial charge on any atom is -0.494 e. The summed E-state index contributed by atoms with van der Waals surface area (Å²) in [6.45, 7) is 4.82. The van der Waals surface area contributed by atoms with Gasteiger partial charge in [0.05, 0.1) is 25.9 Å². The van der Waals surface area contributed by atoms with Crippen molar-refractivity contribution >= 4 is 29.0 Å². The monoisotopic (exact) mass is 473 g/mol. The zero-order valence-corrected chi connectivity index (χ0v) is 20.3. The molecule has 0 radical (unpaired) electrons. The van der Waals surface area contributed by atoms with Gasteiger partial charge in [0.2, 0.25) is 5.91 Å². The molecule has 1 N–H and O–H groups in total. The lowest BCUT2D eigenvalue weighted by atomic mass is 9.85. The van der Waals surface area contributed by atoms with Crippen molar-refractivity contribution in [3.8, 4) is 17.2 Å². The van der Waals surface area contributed by atoms with Gasteiger partial charge < -0.3 is 19.5 Å². The highest BCUT2D eigenvalue weighted by Crippen LogP contribution is 2.41. The van der Waals surface area contributed by atoms with Crippen LogP contribution in [0.1, 0.15) is 62.7 Å². The maximum absolute atomic E-state index is 13.1. The van der Waals surface area contributed by atoms with Gasteiger partial charge in [-0.05, 0) is 49.2 Å². The molecule has 7 heteroatoms. The van der Waals surface area contributed by atoms with Crippen LogP contribution >= 0.6 is 11.6 Å². The van der Waals surface area contributed by atoms with Crippen LogP contribution in [0.15, 0.2) is 36.4 Å². The smallest absolute Gasteiger partial charge is 0.230 e. The summed E-state index contributed by atoms with van der Waals surface area (Å²) < 4.78 is 16.8. The number of ketones is 1. The summed E-state index contributed by atoms with van der Waals surface area (Å²) in [5.74, 6) is 1.58. The second kappa shape index (κ2) is 11.4. The van der Waals surface area contributed by atoms with Crippen LogP contribution in [-0.4, -0.2) is 32.0 Å². The molecule has 1 aliphatic heterocycles. The number of rotatable bonds is 11. The summed E-state index contributed by atoms with van der Waals surface area (Å²) in [6, 6.07) is 10.7. The summed E-state index contributed by atoms with van der Waals surface area (Å²) in [7, 11) is 1.53. The third kappa shape index (κ3) is 6.64. The quantitative estimate of drug-likeness (QED) is 0.387. The Labute approximate surface area is 200 Å². The van der Waals surface area contributed by atoms with E-state index in [1.54, 1.807) is 12.1 Å². The van der Waals surface area contributed by atoms with Gasteiger partial charge in [-0.2, -0.15) is 0 Å². The van der Waals surface area contributed by atoms with E-state index in [1.807, 2.05) is 38.1 Å². The number of fused-ring (bicyclic) bond motifs is 1. The Bertz CT molecular complexity index is 971. The van der Waals surface area contributed by atoms with E-state index in [9.17, 15) is 9.59 Å². The molecule has 2 aromatic rings. The molecule has 0 atom stereocenters. The lowest BCUT2D eigenvalue weighted by Crippen LogP contribution is -2.31. The minimum atomic E-state index is -0.577. The Kier molecular flexibility index (Phi) is 8.61. The van der Waals surface area contributed by atoms with E-state index in [2.05, 4.69) is 5.32 Å². The van der Waals surface area contributed by atoms with Gasteiger partial charge in [0.25, 0.3) is 0 Å². The third-order valence-corrected chi connectivity index (χ3v) is 6.10. The van der Waals surface area contributed by atoms with E-state index in [-0.39, 0.29) is 11.7 Å². The van der Waals surface area contributed by atoms with Crippen molar-refractivity contribution in [3.63, 3.8) is 0 Å². The number of benzene rings is 2. The summed E-state index contributed by atoms with van der Waals surface area (Å²) >= 11 is 5.88. The van der Waals surface area contributed by atoms with Crippen LogP contribution in [0.25, 0.3) is 0 Å².